The molecule has 0 spiro atoms. The van der Waals surface area contributed by atoms with Crippen LogP contribution in [0.1, 0.15) is 45.4 Å². The number of hydrogen-bond donors (Lipinski definition) is 1. The molecule has 0 saturated carbocycles. The van der Waals surface area contributed by atoms with Crippen molar-refractivity contribution in [1.82, 2.24) is 14.9 Å². The van der Waals surface area contributed by atoms with E-state index in [1.165, 1.54) is 14.2 Å². The first kappa shape index (κ1) is 32.0. The van der Waals surface area contributed by atoms with E-state index in [2.05, 4.69) is 47.5 Å². The third-order valence-electron chi connectivity index (χ3n) is 6.43. The molecule has 2 heterocycles. The lowest BCUT2D eigenvalue weighted by atomic mass is 9.83. The highest BCUT2D eigenvalue weighted by Gasteiger charge is 2.28. The average Bonchev–Trinajstić information content (AvgIpc) is 2.93. The van der Waals surface area contributed by atoms with Crippen LogP contribution in [0.5, 0.6) is 11.6 Å². The van der Waals surface area contributed by atoms with Gasteiger partial charge < -0.3 is 29.2 Å². The van der Waals surface area contributed by atoms with Gasteiger partial charge in [0.1, 0.15) is 17.9 Å². The molecular weight excluding hydrogens is 532 g/mol. The summed E-state index contributed by atoms with van der Waals surface area (Å²) in [6.07, 6.45) is 14.1. The molecule has 2 aromatic rings. The van der Waals surface area contributed by atoms with Crippen LogP contribution in [0, 0.1) is 12.3 Å². The van der Waals surface area contributed by atoms with E-state index in [9.17, 15) is 4.79 Å². The highest BCUT2D eigenvalue weighted by molar-refractivity contribution is 5.92. The Morgan fingerprint density at radius 2 is 1.90 bits per heavy atom. The number of nitrogens with one attached hydrogen (secondary N) is 1. The summed E-state index contributed by atoms with van der Waals surface area (Å²) in [6, 6.07) is 5.18. The van der Waals surface area contributed by atoms with Crippen molar-refractivity contribution >= 4 is 17.7 Å². The summed E-state index contributed by atoms with van der Waals surface area (Å²) in [5.74, 6) is 2.02. The Balaban J connectivity index is 1.69. The van der Waals surface area contributed by atoms with Gasteiger partial charge in [0.25, 0.3) is 0 Å². The minimum absolute atomic E-state index is 0.0752. The van der Waals surface area contributed by atoms with Gasteiger partial charge in [0, 0.05) is 35.9 Å². The standard InChI is InChI=1S/C33H42N4O5/c1-23-27(19-29(40-9)24(2)39-8)34-18-15-28(23)41-31-14-13-26(20-35-31)36-30(38)21-37(25(3)42-32(4,5)6)22-33(7)16-11-10-12-17-33/h10-16,18-20H,2-3,17,21-22H2,1,4-9H3,(H,36,38)/b29-19+. The topological polar surface area (TPSA) is 95.0 Å². The fourth-order valence-corrected chi connectivity index (χ4v) is 4.24. The molecule has 0 aliphatic heterocycles. The van der Waals surface area contributed by atoms with E-state index in [0.29, 0.717) is 47.0 Å². The summed E-state index contributed by atoms with van der Waals surface area (Å²) in [7, 11) is 3.06. The fraction of sp³-hybridized carbons (Fsp3) is 0.364. The molecule has 0 aromatic carbocycles. The molecule has 1 amide bonds. The second-order valence-corrected chi connectivity index (χ2v) is 11.3. The van der Waals surface area contributed by atoms with Gasteiger partial charge in [0.05, 0.1) is 31.8 Å². The molecule has 1 aliphatic carbocycles. The maximum atomic E-state index is 13.1. The minimum atomic E-state index is -0.441. The van der Waals surface area contributed by atoms with Crippen molar-refractivity contribution in [2.45, 2.75) is 46.6 Å². The van der Waals surface area contributed by atoms with Gasteiger partial charge in [-0.25, -0.2) is 4.98 Å². The quantitative estimate of drug-likeness (QED) is 0.207. The predicted molar refractivity (Wildman–Crippen MR) is 166 cm³/mol. The monoisotopic (exact) mass is 574 g/mol. The van der Waals surface area contributed by atoms with E-state index in [-0.39, 0.29) is 17.9 Å². The van der Waals surface area contributed by atoms with Gasteiger partial charge >= 0.3 is 0 Å². The van der Waals surface area contributed by atoms with Crippen LogP contribution in [0.25, 0.3) is 6.08 Å². The van der Waals surface area contributed by atoms with Gasteiger partial charge in [0.2, 0.25) is 11.8 Å². The maximum absolute atomic E-state index is 13.1. The Kier molecular flexibility index (Phi) is 10.6. The van der Waals surface area contributed by atoms with Crippen molar-refractivity contribution in [3.63, 3.8) is 0 Å². The summed E-state index contributed by atoms with van der Waals surface area (Å²) >= 11 is 0. The SMILES string of the molecule is C=C(OC)/C(=C\c1nccc(Oc2ccc(NC(=O)CN(CC3(C)C=CC=CC3)C(=C)OC(C)(C)C)cn2)c1C)OC. The fourth-order valence-electron chi connectivity index (χ4n) is 4.24. The van der Waals surface area contributed by atoms with Crippen molar-refractivity contribution in [2.75, 3.05) is 32.6 Å². The van der Waals surface area contributed by atoms with Crippen LogP contribution in [-0.2, 0) is 19.0 Å². The summed E-state index contributed by atoms with van der Waals surface area (Å²) in [5, 5.41) is 2.92. The van der Waals surface area contributed by atoms with E-state index in [1.807, 2.05) is 44.7 Å². The second-order valence-electron chi connectivity index (χ2n) is 11.3. The molecule has 9 heteroatoms. The lowest BCUT2D eigenvalue weighted by Crippen LogP contribution is -2.41. The normalized spacial score (nSPS) is 16.4. The zero-order valence-electron chi connectivity index (χ0n) is 25.7. The number of anilines is 1. The zero-order valence-corrected chi connectivity index (χ0v) is 25.7. The van der Waals surface area contributed by atoms with Gasteiger partial charge in [-0.3, -0.25) is 9.78 Å². The zero-order chi connectivity index (χ0) is 30.9. The van der Waals surface area contributed by atoms with E-state index < -0.39 is 5.60 Å². The van der Waals surface area contributed by atoms with Crippen LogP contribution < -0.4 is 10.1 Å². The van der Waals surface area contributed by atoms with Crippen molar-refractivity contribution < 1.29 is 23.7 Å². The molecule has 1 N–H and O–H groups in total. The number of carbonyl (C=O) groups excluding carboxylic acids is 1. The van der Waals surface area contributed by atoms with Crippen LogP contribution in [0.2, 0.25) is 0 Å². The van der Waals surface area contributed by atoms with Gasteiger partial charge in [-0.15, -0.1) is 0 Å². The number of rotatable bonds is 13. The number of aromatic nitrogens is 2. The second kappa shape index (κ2) is 13.9. The van der Waals surface area contributed by atoms with Crippen molar-refractivity contribution in [3.8, 4) is 11.6 Å². The lowest BCUT2D eigenvalue weighted by molar-refractivity contribution is -0.118. The van der Waals surface area contributed by atoms with Gasteiger partial charge in [0.15, 0.2) is 17.4 Å². The van der Waals surface area contributed by atoms with Crippen LogP contribution in [0.4, 0.5) is 5.69 Å². The molecule has 0 radical (unpaired) electrons. The number of amides is 1. The molecule has 1 atom stereocenters. The molecule has 3 rings (SSSR count). The minimum Gasteiger partial charge on any atom is -0.493 e. The Morgan fingerprint density at radius 3 is 2.50 bits per heavy atom. The smallest absolute Gasteiger partial charge is 0.244 e. The number of methoxy groups -OCH3 is 2. The molecule has 2 aromatic heterocycles. The third kappa shape index (κ3) is 9.26. The van der Waals surface area contributed by atoms with E-state index in [1.54, 1.807) is 36.7 Å². The molecule has 0 bridgehead atoms. The Hall–Kier alpha value is -4.53. The number of pyridine rings is 2. The molecule has 0 saturated heterocycles. The van der Waals surface area contributed by atoms with Crippen LogP contribution in [0.3, 0.4) is 0 Å². The van der Waals surface area contributed by atoms with Gasteiger partial charge in [-0.05, 0) is 52.8 Å². The molecule has 1 aliphatic rings. The first-order valence-electron chi connectivity index (χ1n) is 13.7. The Morgan fingerprint density at radius 1 is 1.14 bits per heavy atom. The maximum Gasteiger partial charge on any atom is 0.244 e. The molecule has 0 fully saturated rings. The van der Waals surface area contributed by atoms with Gasteiger partial charge in [-0.2, -0.15) is 0 Å². The Bertz CT molecular complexity index is 1370. The number of ether oxygens (including phenoxy) is 4. The third-order valence-corrected chi connectivity index (χ3v) is 6.43. The molecule has 1 unspecified atom stereocenters. The first-order valence-corrected chi connectivity index (χ1v) is 13.7. The lowest BCUT2D eigenvalue weighted by Gasteiger charge is -2.37. The average molecular weight is 575 g/mol. The van der Waals surface area contributed by atoms with Crippen LogP contribution >= 0.6 is 0 Å². The van der Waals surface area contributed by atoms with E-state index >= 15 is 0 Å². The van der Waals surface area contributed by atoms with Gasteiger partial charge in [-0.1, -0.05) is 37.8 Å². The predicted octanol–water partition coefficient (Wildman–Crippen LogP) is 6.77. The Labute approximate surface area is 249 Å². The summed E-state index contributed by atoms with van der Waals surface area (Å²) < 4.78 is 22.6. The first-order chi connectivity index (χ1) is 19.8. The van der Waals surface area contributed by atoms with Crippen molar-refractivity contribution in [1.29, 1.82) is 0 Å². The van der Waals surface area contributed by atoms with Crippen LogP contribution in [0.15, 0.2) is 85.5 Å². The molecular formula is C33H42N4O5. The summed E-state index contributed by atoms with van der Waals surface area (Å²) in [6.45, 7) is 18.5. The van der Waals surface area contributed by atoms with Crippen LogP contribution in [-0.4, -0.2) is 53.7 Å². The summed E-state index contributed by atoms with van der Waals surface area (Å²) in [4.78, 5) is 23.8. The van der Waals surface area contributed by atoms with E-state index in [0.717, 1.165) is 12.0 Å². The summed E-state index contributed by atoms with van der Waals surface area (Å²) in [5.41, 5.74) is 1.37. The highest BCUT2D eigenvalue weighted by Crippen LogP contribution is 2.31. The van der Waals surface area contributed by atoms with Crippen molar-refractivity contribution in [2.24, 2.45) is 5.41 Å². The molecule has 9 nitrogen and oxygen atoms in total. The molecule has 42 heavy (non-hydrogen) atoms. The number of hydrogen-bond acceptors (Lipinski definition) is 8. The highest BCUT2D eigenvalue weighted by atomic mass is 16.5. The van der Waals surface area contributed by atoms with Crippen molar-refractivity contribution in [3.05, 3.63) is 96.7 Å². The number of carbonyl (C=O) groups is 1. The van der Waals surface area contributed by atoms with E-state index in [4.69, 9.17) is 18.9 Å². The largest absolute Gasteiger partial charge is 0.493 e. The number of nitrogens with zero attached hydrogens (tertiary/aromatic N) is 3. The number of allylic oxidation sites excluding steroid dienone is 3. The molecule has 224 valence electrons.